The molecule has 0 amide bonds. The van der Waals surface area contributed by atoms with Crippen molar-refractivity contribution in [2.24, 2.45) is 0 Å². The van der Waals surface area contributed by atoms with E-state index >= 15 is 0 Å². The number of hydrogen-bond donors (Lipinski definition) is 0. The van der Waals surface area contributed by atoms with E-state index in [1.54, 1.807) is 12.1 Å². The summed E-state index contributed by atoms with van der Waals surface area (Å²) in [6.07, 6.45) is 1.71. The molecule has 0 saturated heterocycles. The van der Waals surface area contributed by atoms with Crippen molar-refractivity contribution in [3.05, 3.63) is 35.4 Å². The molecule has 48 valence electrons. The van der Waals surface area contributed by atoms with Gasteiger partial charge in [-0.2, -0.15) is 0 Å². The second kappa shape index (κ2) is 2.93. The molecule has 0 aliphatic carbocycles. The zero-order valence-electron chi connectivity index (χ0n) is 5.47. The van der Waals surface area contributed by atoms with Gasteiger partial charge in [-0.1, -0.05) is 41.9 Å². The normalized spacial score (nSPS) is 9.30. The van der Waals surface area contributed by atoms with Gasteiger partial charge >= 0.3 is 0 Å². The Bertz CT molecular complexity index is 235. The summed E-state index contributed by atoms with van der Waals surface area (Å²) in [5.74, 6) is 0. The Morgan fingerprint density at radius 1 is 1.40 bits per heavy atom. The largest absolute Gasteiger partial charge is 0.113 e. The molecule has 0 heterocycles. The highest BCUT2D eigenvalue weighted by Crippen LogP contribution is 2.09. The van der Waals surface area contributed by atoms with E-state index in [9.17, 15) is 0 Å². The summed E-state index contributed by atoms with van der Waals surface area (Å²) in [6.45, 7) is 3.60. The zero-order chi connectivity index (χ0) is 7.56. The van der Waals surface area contributed by atoms with Crippen LogP contribution in [0.25, 0.3) is 6.08 Å². The van der Waals surface area contributed by atoms with Gasteiger partial charge in [0.1, 0.15) is 7.85 Å². The molecule has 1 aromatic carbocycles. The van der Waals surface area contributed by atoms with Gasteiger partial charge in [-0.05, 0) is 11.6 Å². The Labute approximate surface area is 66.9 Å². The summed E-state index contributed by atoms with van der Waals surface area (Å²) in [4.78, 5) is 0. The highest BCUT2D eigenvalue weighted by Gasteiger charge is 1.90. The van der Waals surface area contributed by atoms with E-state index < -0.39 is 0 Å². The minimum absolute atomic E-state index is 0.648. The Morgan fingerprint density at radius 3 is 2.60 bits per heavy atom. The summed E-state index contributed by atoms with van der Waals surface area (Å²) in [7, 11) is 5.50. The topological polar surface area (TPSA) is 0 Å². The standard InChI is InChI=1S/C8H6BCl/c1-2-6-3-7(9)5-8(10)4-6/h2-5H,1H2. The first kappa shape index (κ1) is 7.42. The SMILES string of the molecule is [B]c1cc(Cl)cc(C=C)c1. The van der Waals surface area contributed by atoms with Gasteiger partial charge in [-0.15, -0.1) is 0 Å². The molecule has 0 aliphatic heterocycles. The minimum Gasteiger partial charge on any atom is -0.0985 e. The van der Waals surface area contributed by atoms with Crippen molar-refractivity contribution in [2.45, 2.75) is 0 Å². The number of halogens is 1. The van der Waals surface area contributed by atoms with Gasteiger partial charge in [0, 0.05) is 5.02 Å². The van der Waals surface area contributed by atoms with Gasteiger partial charge in [0.15, 0.2) is 0 Å². The Hall–Kier alpha value is -0.685. The van der Waals surface area contributed by atoms with Gasteiger partial charge in [-0.3, -0.25) is 0 Å². The van der Waals surface area contributed by atoms with Crippen LogP contribution >= 0.6 is 11.6 Å². The molecular weight excluding hydrogens is 142 g/mol. The molecule has 0 bridgehead atoms. The van der Waals surface area contributed by atoms with E-state index in [1.165, 1.54) is 0 Å². The van der Waals surface area contributed by atoms with Crippen molar-refractivity contribution in [2.75, 3.05) is 0 Å². The molecule has 0 aromatic heterocycles. The lowest BCUT2D eigenvalue weighted by Gasteiger charge is -1.96. The van der Waals surface area contributed by atoms with Crippen LogP contribution in [0.1, 0.15) is 5.56 Å². The van der Waals surface area contributed by atoms with Crippen LogP contribution in [-0.4, -0.2) is 7.85 Å². The number of rotatable bonds is 1. The molecule has 10 heavy (non-hydrogen) atoms. The maximum atomic E-state index is 5.70. The Kier molecular flexibility index (Phi) is 2.18. The quantitative estimate of drug-likeness (QED) is 0.533. The van der Waals surface area contributed by atoms with Crippen LogP contribution in [0.5, 0.6) is 0 Å². The van der Waals surface area contributed by atoms with Crippen LogP contribution in [0.2, 0.25) is 5.02 Å². The summed E-state index contributed by atoms with van der Waals surface area (Å²) >= 11 is 5.70. The molecule has 0 aliphatic rings. The van der Waals surface area contributed by atoms with Crippen LogP contribution in [0.3, 0.4) is 0 Å². The molecular formula is C8H6BCl. The Morgan fingerprint density at radius 2 is 2.10 bits per heavy atom. The first-order valence-corrected chi connectivity index (χ1v) is 3.28. The lowest BCUT2D eigenvalue weighted by molar-refractivity contribution is 1.71. The molecule has 2 heteroatoms. The smallest absolute Gasteiger partial charge is 0.0985 e. The molecule has 0 unspecified atom stereocenters. The fourth-order valence-corrected chi connectivity index (χ4v) is 1.01. The molecule has 0 fully saturated rings. The van der Waals surface area contributed by atoms with Crippen LogP contribution in [0.15, 0.2) is 24.8 Å². The minimum atomic E-state index is 0.648. The molecule has 1 rings (SSSR count). The maximum absolute atomic E-state index is 5.70. The van der Waals surface area contributed by atoms with Crippen molar-refractivity contribution < 1.29 is 0 Å². The Balaban J connectivity index is 3.18. The number of benzene rings is 1. The van der Waals surface area contributed by atoms with Crippen LogP contribution in [0, 0.1) is 0 Å². The highest BCUT2D eigenvalue weighted by molar-refractivity contribution is 6.36. The summed E-state index contributed by atoms with van der Waals surface area (Å²) in [6, 6.07) is 5.33. The van der Waals surface area contributed by atoms with E-state index in [0.29, 0.717) is 10.5 Å². The second-order valence-corrected chi connectivity index (χ2v) is 2.46. The van der Waals surface area contributed by atoms with Crippen molar-refractivity contribution >= 4 is 31.0 Å². The average Bonchev–Trinajstić information content (AvgIpc) is 1.85. The molecule has 0 nitrogen and oxygen atoms in total. The molecule has 0 spiro atoms. The van der Waals surface area contributed by atoms with Crippen LogP contribution in [0.4, 0.5) is 0 Å². The lowest BCUT2D eigenvalue weighted by Crippen LogP contribution is -2.00. The van der Waals surface area contributed by atoms with Gasteiger partial charge in [-0.25, -0.2) is 0 Å². The van der Waals surface area contributed by atoms with Crippen molar-refractivity contribution in [3.63, 3.8) is 0 Å². The average molecular weight is 148 g/mol. The maximum Gasteiger partial charge on any atom is 0.113 e. The predicted molar refractivity (Wildman–Crippen MR) is 46.9 cm³/mol. The molecule has 0 atom stereocenters. The fourth-order valence-electron chi connectivity index (χ4n) is 0.754. The molecule has 1 aromatic rings. The summed E-state index contributed by atoms with van der Waals surface area (Å²) in [5, 5.41) is 0.648. The first-order chi connectivity index (χ1) is 4.72. The zero-order valence-corrected chi connectivity index (χ0v) is 6.23. The van der Waals surface area contributed by atoms with E-state index in [-0.39, 0.29) is 0 Å². The van der Waals surface area contributed by atoms with Gasteiger partial charge in [0.2, 0.25) is 0 Å². The third kappa shape index (κ3) is 1.65. The third-order valence-electron chi connectivity index (χ3n) is 1.18. The van der Waals surface area contributed by atoms with Gasteiger partial charge in [0.25, 0.3) is 0 Å². The highest BCUT2D eigenvalue weighted by atomic mass is 35.5. The molecule has 0 N–H and O–H groups in total. The second-order valence-electron chi connectivity index (χ2n) is 2.02. The molecule has 2 radical (unpaired) electrons. The third-order valence-corrected chi connectivity index (χ3v) is 1.40. The summed E-state index contributed by atoms with van der Waals surface area (Å²) in [5.41, 5.74) is 1.62. The van der Waals surface area contributed by atoms with E-state index in [4.69, 9.17) is 19.4 Å². The van der Waals surface area contributed by atoms with Crippen molar-refractivity contribution in [1.82, 2.24) is 0 Å². The molecule has 0 saturated carbocycles. The van der Waals surface area contributed by atoms with Gasteiger partial charge < -0.3 is 0 Å². The first-order valence-electron chi connectivity index (χ1n) is 2.91. The van der Waals surface area contributed by atoms with Crippen LogP contribution in [-0.2, 0) is 0 Å². The predicted octanol–water partition coefficient (Wildman–Crippen LogP) is 1.78. The van der Waals surface area contributed by atoms with Crippen molar-refractivity contribution in [3.8, 4) is 0 Å². The van der Waals surface area contributed by atoms with Crippen LogP contribution < -0.4 is 5.46 Å². The summed E-state index contributed by atoms with van der Waals surface area (Å²) < 4.78 is 0. The van der Waals surface area contributed by atoms with E-state index in [0.717, 1.165) is 5.56 Å². The van der Waals surface area contributed by atoms with E-state index in [2.05, 4.69) is 6.58 Å². The van der Waals surface area contributed by atoms with E-state index in [1.807, 2.05) is 12.1 Å². The number of hydrogen-bond acceptors (Lipinski definition) is 0. The lowest BCUT2D eigenvalue weighted by atomic mass is 9.94. The van der Waals surface area contributed by atoms with Gasteiger partial charge in [0.05, 0.1) is 0 Å². The fraction of sp³-hybridized carbons (Fsp3) is 0. The van der Waals surface area contributed by atoms with Crippen molar-refractivity contribution in [1.29, 1.82) is 0 Å². The monoisotopic (exact) mass is 148 g/mol.